The average molecular weight is 529 g/mol. The second-order valence-corrected chi connectivity index (χ2v) is 8.12. The Bertz CT molecular complexity index is 1240. The Labute approximate surface area is 207 Å². The van der Waals surface area contributed by atoms with Crippen LogP contribution in [0.5, 0.6) is 5.75 Å². The Morgan fingerprint density at radius 2 is 1.62 bits per heavy atom. The highest BCUT2D eigenvalue weighted by atomic mass is 19.4. The van der Waals surface area contributed by atoms with Gasteiger partial charge in [-0.25, -0.2) is 8.78 Å². The molecule has 1 unspecified atom stereocenters. The molecular formula is C24H22F7N5O. The van der Waals surface area contributed by atoms with Crippen LogP contribution in [0.4, 0.5) is 30.7 Å². The lowest BCUT2D eigenvalue weighted by atomic mass is 9.82. The summed E-state index contributed by atoms with van der Waals surface area (Å²) in [6.07, 6.45) is -3.39. The van der Waals surface area contributed by atoms with E-state index in [9.17, 15) is 22.0 Å². The van der Waals surface area contributed by atoms with Gasteiger partial charge >= 0.3 is 12.1 Å². The molecule has 0 saturated heterocycles. The highest BCUT2D eigenvalue weighted by Gasteiger charge is 2.55. The Morgan fingerprint density at radius 1 is 0.973 bits per heavy atom. The number of alkyl halides is 5. The van der Waals surface area contributed by atoms with E-state index in [1.165, 1.54) is 37.3 Å². The number of halogens is 7. The van der Waals surface area contributed by atoms with Crippen molar-refractivity contribution < 1.29 is 35.5 Å². The number of hydrogen-bond donors (Lipinski definition) is 3. The van der Waals surface area contributed by atoms with Crippen LogP contribution < -0.4 is 21.6 Å². The number of aromatic nitrogens is 1. The van der Waals surface area contributed by atoms with Crippen molar-refractivity contribution in [1.82, 2.24) is 10.4 Å². The van der Waals surface area contributed by atoms with Crippen molar-refractivity contribution in [3.8, 4) is 16.9 Å². The SMILES string of the molecule is C/C(N)=N/NCC(N)(c1ccc(F)cc1F)C(F)(F)c1ccc(-c2ccc(OCC(F)(F)F)cc2)cn1. The predicted molar refractivity (Wildman–Crippen MR) is 123 cm³/mol. The first-order valence-electron chi connectivity index (χ1n) is 10.6. The summed E-state index contributed by atoms with van der Waals surface area (Å²) in [5, 5.41) is 3.62. The van der Waals surface area contributed by atoms with E-state index in [-0.39, 0.29) is 11.6 Å². The van der Waals surface area contributed by atoms with E-state index in [1.807, 2.05) is 0 Å². The molecule has 13 heteroatoms. The van der Waals surface area contributed by atoms with Gasteiger partial charge in [0.05, 0.1) is 6.54 Å². The molecule has 0 aliphatic rings. The van der Waals surface area contributed by atoms with Gasteiger partial charge in [-0.05, 0) is 36.8 Å². The number of hydrazone groups is 1. The topological polar surface area (TPSA) is 98.5 Å². The van der Waals surface area contributed by atoms with Gasteiger partial charge < -0.3 is 21.6 Å². The monoisotopic (exact) mass is 529 g/mol. The third-order valence-corrected chi connectivity index (χ3v) is 5.26. The normalized spacial score (nSPS) is 14.2. The van der Waals surface area contributed by atoms with E-state index in [1.54, 1.807) is 0 Å². The average Bonchev–Trinajstić information content (AvgIpc) is 2.82. The van der Waals surface area contributed by atoms with Gasteiger partial charge in [-0.15, -0.1) is 0 Å². The van der Waals surface area contributed by atoms with Crippen molar-refractivity contribution in [2.45, 2.75) is 24.6 Å². The predicted octanol–water partition coefficient (Wildman–Crippen LogP) is 4.80. The zero-order valence-electron chi connectivity index (χ0n) is 19.3. The van der Waals surface area contributed by atoms with E-state index < -0.39 is 53.7 Å². The number of ether oxygens (including phenoxy) is 1. The molecule has 0 amide bonds. The standard InChI is InChI=1S/C24H22F7N5O/c1-14(32)36-35-12-22(33,19-8-5-17(25)10-20(19)26)24(30,31)21-9-4-16(11-34-21)15-2-6-18(7-3-15)37-13-23(27,28)29/h2-11,35H,12-13,33H2,1H3,(H2,32,36). The van der Waals surface area contributed by atoms with E-state index in [0.29, 0.717) is 17.2 Å². The Kier molecular flexibility index (Phi) is 7.96. The van der Waals surface area contributed by atoms with Crippen LogP contribution in [0.15, 0.2) is 65.9 Å². The largest absolute Gasteiger partial charge is 0.484 e. The Hall–Kier alpha value is -3.87. The lowest BCUT2D eigenvalue weighted by molar-refractivity contribution is -0.153. The Balaban J connectivity index is 1.91. The highest BCUT2D eigenvalue weighted by Crippen LogP contribution is 2.44. The van der Waals surface area contributed by atoms with Crippen LogP contribution in [0.1, 0.15) is 18.2 Å². The van der Waals surface area contributed by atoms with Crippen LogP contribution in [0.3, 0.4) is 0 Å². The molecule has 3 rings (SSSR count). The minimum Gasteiger partial charge on any atom is -0.484 e. The van der Waals surface area contributed by atoms with Crippen molar-refractivity contribution in [2.24, 2.45) is 16.6 Å². The van der Waals surface area contributed by atoms with Crippen molar-refractivity contribution in [3.63, 3.8) is 0 Å². The maximum absolute atomic E-state index is 15.8. The molecule has 0 spiro atoms. The van der Waals surface area contributed by atoms with Gasteiger partial charge in [-0.2, -0.15) is 27.1 Å². The van der Waals surface area contributed by atoms with E-state index in [4.69, 9.17) is 11.5 Å². The third kappa shape index (κ3) is 6.47. The number of hydrogen-bond acceptors (Lipinski definition) is 5. The van der Waals surface area contributed by atoms with Crippen molar-refractivity contribution in [3.05, 3.63) is 83.7 Å². The van der Waals surface area contributed by atoms with Gasteiger partial charge in [0.15, 0.2) is 6.61 Å². The molecule has 1 aromatic heterocycles. The lowest BCUT2D eigenvalue weighted by Gasteiger charge is -2.37. The smallest absolute Gasteiger partial charge is 0.422 e. The summed E-state index contributed by atoms with van der Waals surface area (Å²) < 4.78 is 101. The van der Waals surface area contributed by atoms with Crippen LogP contribution in [0, 0.1) is 11.6 Å². The number of benzene rings is 2. The summed E-state index contributed by atoms with van der Waals surface area (Å²) in [5.41, 5.74) is 10.3. The molecular weight excluding hydrogens is 507 g/mol. The molecule has 1 heterocycles. The first-order chi connectivity index (χ1) is 17.2. The molecule has 5 N–H and O–H groups in total. The summed E-state index contributed by atoms with van der Waals surface area (Å²) in [4.78, 5) is 3.81. The second-order valence-electron chi connectivity index (χ2n) is 8.12. The zero-order valence-corrected chi connectivity index (χ0v) is 19.3. The van der Waals surface area contributed by atoms with Crippen molar-refractivity contribution >= 4 is 5.84 Å². The molecule has 6 nitrogen and oxygen atoms in total. The molecule has 1 atom stereocenters. The van der Waals surface area contributed by atoms with Crippen LogP contribution in [-0.4, -0.2) is 30.1 Å². The fourth-order valence-electron chi connectivity index (χ4n) is 3.40. The van der Waals surface area contributed by atoms with Gasteiger partial charge in [0.2, 0.25) is 0 Å². The van der Waals surface area contributed by atoms with Crippen LogP contribution in [0.2, 0.25) is 0 Å². The van der Waals surface area contributed by atoms with Gasteiger partial charge in [0.25, 0.3) is 0 Å². The number of nitrogens with two attached hydrogens (primary N) is 2. The van der Waals surface area contributed by atoms with Gasteiger partial charge in [-0.3, -0.25) is 4.98 Å². The summed E-state index contributed by atoms with van der Waals surface area (Å²) in [6.45, 7) is -0.866. The molecule has 198 valence electrons. The summed E-state index contributed by atoms with van der Waals surface area (Å²) >= 11 is 0. The molecule has 37 heavy (non-hydrogen) atoms. The molecule has 0 fully saturated rings. The maximum Gasteiger partial charge on any atom is 0.422 e. The molecule has 0 aliphatic carbocycles. The highest BCUT2D eigenvalue weighted by molar-refractivity contribution is 5.77. The summed E-state index contributed by atoms with van der Waals surface area (Å²) in [5.74, 6) is -6.29. The first-order valence-corrected chi connectivity index (χ1v) is 10.6. The number of nitrogens with one attached hydrogen (secondary N) is 1. The van der Waals surface area contributed by atoms with E-state index >= 15 is 8.78 Å². The lowest BCUT2D eigenvalue weighted by Crippen LogP contribution is -2.57. The van der Waals surface area contributed by atoms with Crippen molar-refractivity contribution in [2.75, 3.05) is 13.2 Å². The molecule has 0 saturated carbocycles. The van der Waals surface area contributed by atoms with E-state index in [0.717, 1.165) is 24.4 Å². The third-order valence-electron chi connectivity index (χ3n) is 5.26. The number of amidine groups is 1. The summed E-state index contributed by atoms with van der Waals surface area (Å²) in [7, 11) is 0. The molecule has 3 aromatic rings. The number of pyridine rings is 1. The minimum absolute atomic E-state index is 0.00236. The molecule has 0 aliphatic heterocycles. The van der Waals surface area contributed by atoms with Crippen LogP contribution >= 0.6 is 0 Å². The quantitative estimate of drug-likeness (QED) is 0.160. The van der Waals surface area contributed by atoms with Crippen molar-refractivity contribution in [1.29, 1.82) is 0 Å². The Morgan fingerprint density at radius 3 is 2.16 bits per heavy atom. The maximum atomic E-state index is 15.8. The number of nitrogens with zero attached hydrogens (tertiary/aromatic N) is 2. The summed E-state index contributed by atoms with van der Waals surface area (Å²) in [6, 6.07) is 9.75. The van der Waals surface area contributed by atoms with Gasteiger partial charge in [0.1, 0.15) is 34.5 Å². The minimum atomic E-state index is -4.50. The molecule has 0 bridgehead atoms. The van der Waals surface area contributed by atoms with Gasteiger partial charge in [-0.1, -0.05) is 24.3 Å². The zero-order chi connectivity index (χ0) is 27.4. The van der Waals surface area contributed by atoms with Gasteiger partial charge in [0, 0.05) is 23.4 Å². The second kappa shape index (κ2) is 10.6. The van der Waals surface area contributed by atoms with E-state index in [2.05, 4.69) is 20.2 Å². The molecule has 2 aromatic carbocycles. The number of rotatable bonds is 9. The van der Waals surface area contributed by atoms with Crippen LogP contribution in [-0.2, 0) is 11.5 Å². The fourth-order valence-corrected chi connectivity index (χ4v) is 3.40. The van der Waals surface area contributed by atoms with Crippen LogP contribution in [0.25, 0.3) is 11.1 Å². The first kappa shape index (κ1) is 27.7. The molecule has 0 radical (unpaired) electrons. The fraction of sp³-hybridized carbons (Fsp3) is 0.250.